The number of benzene rings is 4. The molecule has 0 saturated carbocycles. The highest BCUT2D eigenvalue weighted by Gasteiger charge is 2.43. The van der Waals surface area contributed by atoms with Crippen molar-refractivity contribution in [1.29, 1.82) is 0 Å². The van der Waals surface area contributed by atoms with Gasteiger partial charge in [0.2, 0.25) is 0 Å². The zero-order chi connectivity index (χ0) is 18.1. The largest absolute Gasteiger partial charge is 0.429 e. The average molecular weight is 362 g/mol. The summed E-state index contributed by atoms with van der Waals surface area (Å²) in [5.74, 6) is 0. The van der Waals surface area contributed by atoms with Crippen molar-refractivity contribution >= 4 is 24.4 Å². The second-order valence-corrected chi connectivity index (χ2v) is 9.55. The van der Waals surface area contributed by atoms with Gasteiger partial charge in [0.05, 0.1) is 0 Å². The fourth-order valence-electron chi connectivity index (χ4n) is 4.21. The highest BCUT2D eigenvalue weighted by Crippen LogP contribution is 2.16. The van der Waals surface area contributed by atoms with Crippen LogP contribution in [0, 0.1) is 0 Å². The summed E-state index contributed by atoms with van der Waals surface area (Å²) in [5, 5.41) is 4.65. The summed E-state index contributed by atoms with van der Waals surface area (Å²) in [6.45, 7) is 0. The Morgan fingerprint density at radius 2 is 1.04 bits per heavy atom. The number of rotatable bonds is 3. The van der Waals surface area contributed by atoms with Crippen LogP contribution >= 0.6 is 0 Å². The lowest BCUT2D eigenvalue weighted by Gasteiger charge is -2.18. The van der Waals surface area contributed by atoms with Crippen molar-refractivity contribution in [2.24, 2.45) is 0 Å². The Morgan fingerprint density at radius 1 is 0.519 bits per heavy atom. The van der Waals surface area contributed by atoms with E-state index in [1.165, 1.54) is 27.4 Å². The van der Waals surface area contributed by atoms with Crippen molar-refractivity contribution < 1.29 is 0 Å². The Kier molecular flexibility index (Phi) is 4.23. The molecule has 1 aliphatic heterocycles. The maximum absolute atomic E-state index is 2.37. The van der Waals surface area contributed by atoms with E-state index in [4.69, 9.17) is 0 Å². The van der Waals surface area contributed by atoms with Crippen LogP contribution < -0.4 is 15.6 Å². The van der Waals surface area contributed by atoms with Crippen molar-refractivity contribution in [2.75, 3.05) is 0 Å². The van der Waals surface area contributed by atoms with Crippen LogP contribution in [0.3, 0.4) is 0 Å². The minimum absolute atomic E-state index is 0.988. The van der Waals surface area contributed by atoms with E-state index >= 15 is 0 Å². The maximum atomic E-state index is 2.37. The molecule has 1 heterocycles. The van der Waals surface area contributed by atoms with Crippen LogP contribution in [0.4, 0.5) is 0 Å². The number of hydrogen-bond donors (Lipinski definition) is 0. The molecule has 0 aromatic heterocycles. The quantitative estimate of drug-likeness (QED) is 0.430. The van der Waals surface area contributed by atoms with E-state index in [1.807, 2.05) is 0 Å². The topological polar surface area (TPSA) is 0 Å². The monoisotopic (exact) mass is 361 g/mol. The molecule has 1 aliphatic rings. The van der Waals surface area contributed by atoms with Crippen molar-refractivity contribution in [3.05, 3.63) is 125 Å². The second-order valence-electron chi connectivity index (χ2n) is 7.19. The van der Waals surface area contributed by atoms with E-state index in [-0.39, 0.29) is 0 Å². The Morgan fingerprint density at radius 3 is 1.70 bits per heavy atom. The fraction of sp³-hybridized carbons (Fsp3) is 0.0769. The molecule has 0 fully saturated rings. The molecule has 128 valence electrons. The van der Waals surface area contributed by atoms with E-state index in [0.717, 1.165) is 12.8 Å². The summed E-state index contributed by atoms with van der Waals surface area (Å²) in [7, 11) is -0.988. The van der Waals surface area contributed by atoms with Gasteiger partial charge in [-0.3, -0.25) is 0 Å². The fourth-order valence-corrected chi connectivity index (χ4v) is 7.35. The van der Waals surface area contributed by atoms with E-state index in [1.54, 1.807) is 10.4 Å². The van der Waals surface area contributed by atoms with E-state index in [2.05, 4.69) is 103 Å². The first-order chi connectivity index (χ1) is 13.4. The predicted octanol–water partition coefficient (Wildman–Crippen LogP) is 3.70. The molecule has 0 nitrogen and oxygen atoms in total. The Hall–Kier alpha value is -2.90. The van der Waals surface area contributed by atoms with Crippen LogP contribution in [0.1, 0.15) is 22.3 Å². The molecule has 0 unspecified atom stereocenters. The highest BCUT2D eigenvalue weighted by molar-refractivity contribution is 6.96. The number of hydrogen-bond acceptors (Lipinski definition) is 0. The lowest BCUT2D eigenvalue weighted by molar-refractivity contribution is 1.20. The van der Waals surface area contributed by atoms with E-state index in [0.29, 0.717) is 0 Å². The van der Waals surface area contributed by atoms with Crippen LogP contribution in [-0.2, 0) is 12.8 Å². The standard InChI is InChI=1S/C26H21Si/c1-2-10-20(11-3-1)18-21-12-4-7-15-24(21)27-25-16-8-5-13-22(25)19-23-14-6-9-17-26(23)27/h1-17H,18-19H2/q+1. The van der Waals surface area contributed by atoms with Gasteiger partial charge < -0.3 is 0 Å². The van der Waals surface area contributed by atoms with Crippen molar-refractivity contribution in [1.82, 2.24) is 0 Å². The van der Waals surface area contributed by atoms with Gasteiger partial charge in [-0.2, -0.15) is 0 Å². The van der Waals surface area contributed by atoms with Crippen LogP contribution in [-0.4, -0.2) is 8.80 Å². The minimum atomic E-state index is -0.988. The summed E-state index contributed by atoms with van der Waals surface area (Å²) >= 11 is 0. The van der Waals surface area contributed by atoms with Gasteiger partial charge in [0.15, 0.2) is 0 Å². The molecule has 0 bridgehead atoms. The Bertz CT molecular complexity index is 1040. The third-order valence-electron chi connectivity index (χ3n) is 5.48. The summed E-state index contributed by atoms with van der Waals surface area (Å²) in [5.41, 5.74) is 5.84. The van der Waals surface area contributed by atoms with Crippen LogP contribution in [0.15, 0.2) is 103 Å². The molecule has 0 radical (unpaired) electrons. The molecule has 0 saturated heterocycles. The molecule has 0 spiro atoms. The molecule has 4 aromatic carbocycles. The highest BCUT2D eigenvalue weighted by atomic mass is 28.3. The van der Waals surface area contributed by atoms with Crippen molar-refractivity contribution in [3.8, 4) is 0 Å². The molecular formula is C26H21Si+. The summed E-state index contributed by atoms with van der Waals surface area (Å²) < 4.78 is 0. The molecule has 1 heteroatoms. The molecule has 0 amide bonds. The summed E-state index contributed by atoms with van der Waals surface area (Å²) in [4.78, 5) is 0. The number of fused-ring (bicyclic) bond motifs is 2. The molecule has 0 aliphatic carbocycles. The van der Waals surface area contributed by atoms with Crippen LogP contribution in [0.5, 0.6) is 0 Å². The van der Waals surface area contributed by atoms with Gasteiger partial charge in [0, 0.05) is 12.8 Å². The zero-order valence-corrected chi connectivity index (χ0v) is 16.2. The third kappa shape index (κ3) is 3.05. The van der Waals surface area contributed by atoms with Crippen molar-refractivity contribution in [3.63, 3.8) is 0 Å². The molecule has 4 aromatic rings. The molecule has 0 atom stereocenters. The van der Waals surface area contributed by atoms with Gasteiger partial charge in [-0.25, -0.2) is 0 Å². The first kappa shape index (κ1) is 16.3. The maximum Gasteiger partial charge on any atom is 0.429 e. The second kappa shape index (κ2) is 7.01. The Balaban J connectivity index is 1.67. The van der Waals surface area contributed by atoms with Crippen molar-refractivity contribution in [2.45, 2.75) is 12.8 Å². The lowest BCUT2D eigenvalue weighted by atomic mass is 10.0. The van der Waals surface area contributed by atoms with Crippen LogP contribution in [0.2, 0.25) is 0 Å². The summed E-state index contributed by atoms with van der Waals surface area (Å²) in [6.07, 6.45) is 2.05. The van der Waals surface area contributed by atoms with E-state index in [9.17, 15) is 0 Å². The lowest BCUT2D eigenvalue weighted by Crippen LogP contribution is -2.57. The first-order valence-electron chi connectivity index (χ1n) is 9.56. The van der Waals surface area contributed by atoms with Crippen LogP contribution in [0.25, 0.3) is 0 Å². The Labute approximate surface area is 162 Å². The summed E-state index contributed by atoms with van der Waals surface area (Å²) in [6, 6.07) is 38.0. The van der Waals surface area contributed by atoms with Gasteiger partial charge in [-0.15, -0.1) is 0 Å². The molecule has 27 heavy (non-hydrogen) atoms. The van der Waals surface area contributed by atoms with Gasteiger partial charge in [-0.05, 0) is 40.5 Å². The smallest absolute Gasteiger partial charge is 0.0622 e. The zero-order valence-electron chi connectivity index (χ0n) is 15.2. The molecular weight excluding hydrogens is 340 g/mol. The third-order valence-corrected chi connectivity index (χ3v) is 8.56. The van der Waals surface area contributed by atoms with Gasteiger partial charge in [0.1, 0.15) is 15.6 Å². The van der Waals surface area contributed by atoms with Gasteiger partial charge >= 0.3 is 8.80 Å². The predicted molar refractivity (Wildman–Crippen MR) is 116 cm³/mol. The molecule has 0 N–H and O–H groups in total. The minimum Gasteiger partial charge on any atom is -0.0622 e. The normalized spacial score (nSPS) is 12.4. The van der Waals surface area contributed by atoms with Gasteiger partial charge in [0.25, 0.3) is 0 Å². The molecule has 5 rings (SSSR count). The average Bonchev–Trinajstić information content (AvgIpc) is 2.73. The SMILES string of the molecule is c1ccc(Cc2ccccc2[Si+]2c3ccccc3Cc3ccccc32)cc1. The van der Waals surface area contributed by atoms with Gasteiger partial charge in [-0.1, -0.05) is 84.9 Å². The first-order valence-corrected chi connectivity index (χ1v) is 11.1. The van der Waals surface area contributed by atoms with E-state index < -0.39 is 8.80 Å².